The Morgan fingerprint density at radius 2 is 1.93 bits per heavy atom. The third-order valence-electron chi connectivity index (χ3n) is 4.75. The molecule has 0 aliphatic rings. The van der Waals surface area contributed by atoms with Crippen LogP contribution in [0.4, 0.5) is 5.82 Å². The highest BCUT2D eigenvalue weighted by Gasteiger charge is 2.16. The van der Waals surface area contributed by atoms with Crippen LogP contribution in [-0.4, -0.2) is 29.9 Å². The first kappa shape index (κ1) is 18.0. The number of benzene rings is 1. The van der Waals surface area contributed by atoms with Crippen molar-refractivity contribution in [3.63, 3.8) is 0 Å². The molecule has 0 aliphatic carbocycles. The van der Waals surface area contributed by atoms with Gasteiger partial charge >= 0.3 is 5.69 Å². The highest BCUT2D eigenvalue weighted by molar-refractivity contribution is 5.90. The van der Waals surface area contributed by atoms with E-state index in [4.69, 9.17) is 0 Å². The first-order valence-corrected chi connectivity index (χ1v) is 9.29. The molecule has 0 aliphatic heterocycles. The Balaban J connectivity index is 1.69. The molecule has 0 saturated carbocycles. The van der Waals surface area contributed by atoms with Gasteiger partial charge in [0.25, 0.3) is 0 Å². The molecule has 0 bridgehead atoms. The Kier molecular flexibility index (Phi) is 4.46. The molecular formula is C20H22N6O2. The van der Waals surface area contributed by atoms with Crippen molar-refractivity contribution >= 4 is 28.3 Å². The molecule has 4 rings (SSSR count). The minimum absolute atomic E-state index is 0.162. The van der Waals surface area contributed by atoms with E-state index in [0.717, 1.165) is 28.5 Å². The van der Waals surface area contributed by atoms with Crippen LogP contribution in [0.1, 0.15) is 24.5 Å². The van der Waals surface area contributed by atoms with Crippen molar-refractivity contribution in [2.75, 3.05) is 5.32 Å². The maximum atomic E-state index is 12.9. The molecule has 8 nitrogen and oxygen atoms in total. The molecule has 8 heteroatoms. The number of nitrogens with zero attached hydrogens (tertiary/aromatic N) is 5. The first-order valence-electron chi connectivity index (χ1n) is 9.29. The molecule has 3 heterocycles. The second kappa shape index (κ2) is 6.95. The van der Waals surface area contributed by atoms with Crippen molar-refractivity contribution in [3.8, 4) is 0 Å². The Bertz CT molecular complexity index is 1250. The summed E-state index contributed by atoms with van der Waals surface area (Å²) in [4.78, 5) is 25.5. The number of anilines is 1. The van der Waals surface area contributed by atoms with Gasteiger partial charge in [0.15, 0.2) is 5.65 Å². The second-order valence-electron chi connectivity index (χ2n) is 6.93. The van der Waals surface area contributed by atoms with E-state index >= 15 is 0 Å². The van der Waals surface area contributed by atoms with Crippen LogP contribution in [0.25, 0.3) is 16.6 Å². The molecule has 0 saturated heterocycles. The Morgan fingerprint density at radius 3 is 2.71 bits per heavy atom. The normalized spacial score (nSPS) is 11.4. The third kappa shape index (κ3) is 2.96. The van der Waals surface area contributed by atoms with E-state index in [1.54, 1.807) is 15.3 Å². The summed E-state index contributed by atoms with van der Waals surface area (Å²) < 4.78 is 4.53. The number of para-hydroxylation sites is 1. The second-order valence-corrected chi connectivity index (χ2v) is 6.93. The molecule has 28 heavy (non-hydrogen) atoms. The van der Waals surface area contributed by atoms with Crippen LogP contribution in [-0.2, 0) is 17.9 Å². The number of hydrogen-bond acceptors (Lipinski definition) is 4. The van der Waals surface area contributed by atoms with Crippen LogP contribution in [0.5, 0.6) is 0 Å². The quantitative estimate of drug-likeness (QED) is 0.578. The van der Waals surface area contributed by atoms with E-state index < -0.39 is 0 Å². The van der Waals surface area contributed by atoms with Crippen LogP contribution >= 0.6 is 0 Å². The van der Waals surface area contributed by atoms with Gasteiger partial charge in [0.2, 0.25) is 5.91 Å². The average Bonchev–Trinajstić information content (AvgIpc) is 3.18. The zero-order valence-corrected chi connectivity index (χ0v) is 16.1. The smallest absolute Gasteiger partial charge is 0.309 e. The Hall–Kier alpha value is -3.42. The van der Waals surface area contributed by atoms with Crippen LogP contribution in [0.15, 0.2) is 41.3 Å². The Morgan fingerprint density at radius 1 is 1.14 bits per heavy atom. The number of amides is 1. The predicted molar refractivity (Wildman–Crippen MR) is 108 cm³/mol. The van der Waals surface area contributed by atoms with Gasteiger partial charge in [0, 0.05) is 12.1 Å². The number of pyridine rings is 1. The summed E-state index contributed by atoms with van der Waals surface area (Å²) in [6.45, 7) is 6.39. The molecule has 0 fully saturated rings. The number of aryl methyl sites for hydroxylation is 3. The summed E-state index contributed by atoms with van der Waals surface area (Å²) >= 11 is 0. The molecule has 144 valence electrons. The van der Waals surface area contributed by atoms with E-state index in [0.29, 0.717) is 18.0 Å². The van der Waals surface area contributed by atoms with Gasteiger partial charge in [-0.25, -0.2) is 18.6 Å². The van der Waals surface area contributed by atoms with Crippen LogP contribution < -0.4 is 11.0 Å². The topological polar surface area (TPSA) is 86.2 Å². The maximum Gasteiger partial charge on any atom is 0.351 e. The first-order chi connectivity index (χ1) is 13.5. The standard InChI is InChI=1S/C20H22N6O2/c1-4-9-24-18(14(3)11-21-24)22-17(27)12-25-20(28)26-16-8-6-5-7-15(16)10-13(2)19(26)23-25/h5-8,10-11H,4,9,12H2,1-3H3,(H,22,27). The summed E-state index contributed by atoms with van der Waals surface area (Å²) in [5.41, 5.74) is 2.77. The molecule has 4 aromatic rings. The van der Waals surface area contributed by atoms with Gasteiger partial charge in [-0.3, -0.25) is 4.79 Å². The van der Waals surface area contributed by atoms with Gasteiger partial charge in [-0.05, 0) is 43.4 Å². The monoisotopic (exact) mass is 378 g/mol. The number of hydrogen-bond donors (Lipinski definition) is 1. The zero-order chi connectivity index (χ0) is 19.8. The lowest BCUT2D eigenvalue weighted by Crippen LogP contribution is -2.29. The maximum absolute atomic E-state index is 12.9. The number of rotatable bonds is 5. The minimum atomic E-state index is -0.330. The number of nitrogens with one attached hydrogen (secondary N) is 1. The average molecular weight is 378 g/mol. The summed E-state index contributed by atoms with van der Waals surface area (Å²) in [6, 6.07) is 9.63. The third-order valence-corrected chi connectivity index (χ3v) is 4.75. The molecule has 0 atom stereocenters. The fraction of sp³-hybridized carbons (Fsp3) is 0.300. The molecule has 0 radical (unpaired) electrons. The molecule has 3 aromatic heterocycles. The summed E-state index contributed by atoms with van der Waals surface area (Å²) in [5.74, 6) is 0.346. The lowest BCUT2D eigenvalue weighted by molar-refractivity contribution is -0.117. The van der Waals surface area contributed by atoms with Gasteiger partial charge in [0.1, 0.15) is 12.4 Å². The van der Waals surface area contributed by atoms with Crippen molar-refractivity contribution in [3.05, 3.63) is 58.1 Å². The van der Waals surface area contributed by atoms with Crippen molar-refractivity contribution in [2.45, 2.75) is 40.3 Å². The highest BCUT2D eigenvalue weighted by atomic mass is 16.2. The summed E-state index contributed by atoms with van der Waals surface area (Å²) in [6.07, 6.45) is 2.63. The summed E-state index contributed by atoms with van der Waals surface area (Å²) in [7, 11) is 0. The fourth-order valence-electron chi connectivity index (χ4n) is 3.43. The van der Waals surface area contributed by atoms with E-state index in [2.05, 4.69) is 15.5 Å². The number of carbonyl (C=O) groups is 1. The lowest BCUT2D eigenvalue weighted by atomic mass is 10.1. The van der Waals surface area contributed by atoms with E-state index in [9.17, 15) is 9.59 Å². The van der Waals surface area contributed by atoms with Gasteiger partial charge in [-0.15, -0.1) is 5.10 Å². The van der Waals surface area contributed by atoms with Crippen molar-refractivity contribution in [1.82, 2.24) is 24.0 Å². The largest absolute Gasteiger partial charge is 0.351 e. The lowest BCUT2D eigenvalue weighted by Gasteiger charge is -2.09. The minimum Gasteiger partial charge on any atom is -0.309 e. The SMILES string of the molecule is CCCn1ncc(C)c1NC(=O)Cn1nc2c(C)cc3ccccc3n2c1=O. The molecule has 1 N–H and O–H groups in total. The molecule has 0 spiro atoms. The van der Waals surface area contributed by atoms with E-state index in [1.165, 1.54) is 4.68 Å². The van der Waals surface area contributed by atoms with Crippen molar-refractivity contribution < 1.29 is 4.79 Å². The molecule has 0 unspecified atom stereocenters. The summed E-state index contributed by atoms with van der Waals surface area (Å²) in [5, 5.41) is 12.5. The zero-order valence-electron chi connectivity index (χ0n) is 16.1. The van der Waals surface area contributed by atoms with Gasteiger partial charge in [0.05, 0.1) is 11.7 Å². The number of carbonyl (C=O) groups excluding carboxylic acids is 1. The fourth-order valence-corrected chi connectivity index (χ4v) is 3.43. The van der Waals surface area contributed by atoms with Gasteiger partial charge in [-0.2, -0.15) is 5.10 Å². The van der Waals surface area contributed by atoms with Gasteiger partial charge in [-0.1, -0.05) is 25.1 Å². The highest BCUT2D eigenvalue weighted by Crippen LogP contribution is 2.18. The molecular weight excluding hydrogens is 356 g/mol. The van der Waals surface area contributed by atoms with E-state index in [1.807, 2.05) is 51.1 Å². The van der Waals surface area contributed by atoms with Crippen molar-refractivity contribution in [1.29, 1.82) is 0 Å². The van der Waals surface area contributed by atoms with Crippen LogP contribution in [0.3, 0.4) is 0 Å². The number of fused-ring (bicyclic) bond motifs is 3. The van der Waals surface area contributed by atoms with Crippen LogP contribution in [0, 0.1) is 13.8 Å². The predicted octanol–water partition coefficient (Wildman–Crippen LogP) is 2.51. The van der Waals surface area contributed by atoms with Gasteiger partial charge < -0.3 is 5.32 Å². The number of aromatic nitrogens is 5. The van der Waals surface area contributed by atoms with E-state index in [-0.39, 0.29) is 18.1 Å². The van der Waals surface area contributed by atoms with Crippen molar-refractivity contribution in [2.24, 2.45) is 0 Å². The van der Waals surface area contributed by atoms with Crippen LogP contribution in [0.2, 0.25) is 0 Å². The molecule has 1 aromatic carbocycles. The molecule has 1 amide bonds. The Labute approximate surface area is 161 Å².